The van der Waals surface area contributed by atoms with Gasteiger partial charge in [0.05, 0.1) is 19.3 Å². The second kappa shape index (κ2) is 12.0. The van der Waals surface area contributed by atoms with Crippen molar-refractivity contribution in [3.63, 3.8) is 0 Å². The number of pyridine rings is 1. The molecule has 3 atom stereocenters. The molecular weight excluding hydrogens is 604 g/mol. The van der Waals surface area contributed by atoms with E-state index in [1.165, 1.54) is 25.3 Å². The van der Waals surface area contributed by atoms with Crippen molar-refractivity contribution in [1.29, 1.82) is 0 Å². The molecule has 2 aromatic carbocycles. The molecule has 2 saturated heterocycles. The molecule has 3 fully saturated rings. The minimum Gasteiger partial charge on any atom is -0.508 e. The molecule has 0 bridgehead atoms. The minimum absolute atomic E-state index is 0.0268. The number of likely N-dealkylation sites (tertiary alicyclic amines) is 1. The zero-order valence-electron chi connectivity index (χ0n) is 27.6. The molecule has 3 aliphatic rings. The van der Waals surface area contributed by atoms with Gasteiger partial charge in [-0.25, -0.2) is 13.8 Å². The van der Waals surface area contributed by atoms with Gasteiger partial charge in [-0.2, -0.15) is 9.97 Å². The number of rotatable bonds is 7. The maximum absolute atomic E-state index is 17.1. The van der Waals surface area contributed by atoms with Crippen molar-refractivity contribution < 1.29 is 28.5 Å². The van der Waals surface area contributed by atoms with Crippen molar-refractivity contribution in [2.24, 2.45) is 5.41 Å². The van der Waals surface area contributed by atoms with E-state index in [-0.39, 0.29) is 51.8 Å². The normalized spacial score (nSPS) is 25.0. The number of nitrogens with zero attached hydrogens (tertiary/aromatic N) is 5. The summed E-state index contributed by atoms with van der Waals surface area (Å²) in [5, 5.41) is 23.0. The van der Waals surface area contributed by atoms with Crippen LogP contribution in [0.15, 0.2) is 24.3 Å². The van der Waals surface area contributed by atoms with E-state index in [2.05, 4.69) is 21.9 Å². The van der Waals surface area contributed by atoms with E-state index in [1.54, 1.807) is 13.0 Å². The van der Waals surface area contributed by atoms with Gasteiger partial charge in [0.25, 0.3) is 0 Å². The van der Waals surface area contributed by atoms with Crippen LogP contribution in [-0.4, -0.2) is 82.1 Å². The molecule has 250 valence electrons. The Morgan fingerprint density at radius 1 is 1.02 bits per heavy atom. The standard InChI is InChI=1S/C36H43F2N5O4/c1-5-23-25(37)11-10-21-17-22(44)18-24(27(21)23)30-29(38)31-28(33(39-30)46-4)32(43-16-7-12-35(2,45)19-43)41-34(40-31)47-20-36-13-6-9-26(36)42(3)15-8-14-36/h10-11,17-18,26,44-45H,5-9,12-16,19-20H2,1-4H3. The average molecular weight is 648 g/mol. The number of aromatic nitrogens is 3. The van der Waals surface area contributed by atoms with Crippen LogP contribution in [0.4, 0.5) is 14.6 Å². The number of aliphatic hydroxyl groups is 1. The Balaban J connectivity index is 1.43. The van der Waals surface area contributed by atoms with Crippen molar-refractivity contribution >= 4 is 27.5 Å². The van der Waals surface area contributed by atoms with Gasteiger partial charge in [-0.05, 0) is 100.0 Å². The first kappa shape index (κ1) is 31.8. The zero-order chi connectivity index (χ0) is 33.1. The number of methoxy groups -OCH3 is 1. The second-order valence-corrected chi connectivity index (χ2v) is 14.0. The molecule has 2 aromatic heterocycles. The van der Waals surface area contributed by atoms with Crippen LogP contribution < -0.4 is 14.4 Å². The van der Waals surface area contributed by atoms with Gasteiger partial charge in [0.15, 0.2) is 5.82 Å². The largest absolute Gasteiger partial charge is 0.508 e. The molecule has 2 N–H and O–H groups in total. The number of piperidine rings is 2. The number of benzene rings is 2. The number of aryl methyl sites for hydroxylation is 1. The summed E-state index contributed by atoms with van der Waals surface area (Å²) in [4.78, 5) is 18.5. The number of phenols is 1. The molecule has 7 rings (SSSR count). The number of hydrogen-bond acceptors (Lipinski definition) is 9. The van der Waals surface area contributed by atoms with Gasteiger partial charge in [0, 0.05) is 30.1 Å². The SMILES string of the molecule is CCc1c(F)ccc2cc(O)cc(-c3nc(OC)c4c(N5CCCC(C)(O)C5)nc(OCC56CCCC5N(C)CCC6)nc4c3F)c12. The smallest absolute Gasteiger partial charge is 0.319 e. The number of aromatic hydroxyl groups is 1. The molecule has 11 heteroatoms. The van der Waals surface area contributed by atoms with Gasteiger partial charge in [-0.3, -0.25) is 0 Å². The van der Waals surface area contributed by atoms with Gasteiger partial charge < -0.3 is 29.5 Å². The third-order valence-corrected chi connectivity index (χ3v) is 10.7. The summed E-state index contributed by atoms with van der Waals surface area (Å²) < 4.78 is 44.4. The molecule has 9 nitrogen and oxygen atoms in total. The van der Waals surface area contributed by atoms with Crippen molar-refractivity contribution in [1.82, 2.24) is 19.9 Å². The van der Waals surface area contributed by atoms with Crippen LogP contribution >= 0.6 is 0 Å². The highest BCUT2D eigenvalue weighted by atomic mass is 19.1. The first-order chi connectivity index (χ1) is 22.5. The monoisotopic (exact) mass is 647 g/mol. The molecule has 0 amide bonds. The highest BCUT2D eigenvalue weighted by Gasteiger charge is 2.47. The Kier molecular flexibility index (Phi) is 8.11. The van der Waals surface area contributed by atoms with E-state index in [1.807, 2.05) is 11.8 Å². The Bertz CT molecular complexity index is 1850. The van der Waals surface area contributed by atoms with Crippen molar-refractivity contribution in [2.45, 2.75) is 76.9 Å². The van der Waals surface area contributed by atoms with Crippen LogP contribution in [0.2, 0.25) is 0 Å². The first-order valence-electron chi connectivity index (χ1n) is 16.7. The molecule has 4 heterocycles. The number of hydrogen-bond donors (Lipinski definition) is 2. The number of phenolic OH excluding ortho intramolecular Hbond substituents is 1. The van der Waals surface area contributed by atoms with E-state index in [0.29, 0.717) is 60.6 Å². The summed E-state index contributed by atoms with van der Waals surface area (Å²) in [5.41, 5.74) is -0.552. The fourth-order valence-corrected chi connectivity index (χ4v) is 8.54. The third kappa shape index (κ3) is 5.51. The molecule has 1 saturated carbocycles. The van der Waals surface area contributed by atoms with Crippen LogP contribution in [0.1, 0.15) is 64.4 Å². The Labute approximate surface area is 273 Å². The lowest BCUT2D eigenvalue weighted by Gasteiger charge is -2.44. The van der Waals surface area contributed by atoms with Crippen molar-refractivity contribution in [3.05, 3.63) is 41.5 Å². The number of β-amino-alcohol motifs (C(OH)–C–C–N with tert-alkyl or cyclic N) is 1. The fourth-order valence-electron chi connectivity index (χ4n) is 8.54. The molecular formula is C36H43F2N5O4. The topological polar surface area (TPSA) is 104 Å². The van der Waals surface area contributed by atoms with Gasteiger partial charge >= 0.3 is 6.01 Å². The Morgan fingerprint density at radius 3 is 2.57 bits per heavy atom. The summed E-state index contributed by atoms with van der Waals surface area (Å²) >= 11 is 0. The van der Waals surface area contributed by atoms with Crippen LogP contribution in [0.3, 0.4) is 0 Å². The van der Waals surface area contributed by atoms with E-state index in [9.17, 15) is 10.2 Å². The first-order valence-corrected chi connectivity index (χ1v) is 16.7. The van der Waals surface area contributed by atoms with Crippen molar-refractivity contribution in [2.75, 3.05) is 45.3 Å². The molecule has 2 aliphatic heterocycles. The van der Waals surface area contributed by atoms with Crippen LogP contribution in [-0.2, 0) is 6.42 Å². The van der Waals surface area contributed by atoms with Crippen LogP contribution in [0.5, 0.6) is 17.6 Å². The highest BCUT2D eigenvalue weighted by Crippen LogP contribution is 2.48. The highest BCUT2D eigenvalue weighted by molar-refractivity contribution is 6.03. The van der Waals surface area contributed by atoms with Gasteiger partial charge in [0.1, 0.15) is 34.0 Å². The molecule has 1 aliphatic carbocycles. The van der Waals surface area contributed by atoms with E-state index < -0.39 is 17.2 Å². The number of halogens is 2. The van der Waals surface area contributed by atoms with Crippen LogP contribution in [0, 0.1) is 17.0 Å². The zero-order valence-corrected chi connectivity index (χ0v) is 27.6. The molecule has 0 radical (unpaired) electrons. The molecule has 0 spiro atoms. The van der Waals surface area contributed by atoms with Gasteiger partial charge in [0.2, 0.25) is 5.88 Å². The molecule has 4 aromatic rings. The lowest BCUT2D eigenvalue weighted by atomic mass is 9.76. The quantitative estimate of drug-likeness (QED) is 0.236. The Morgan fingerprint density at radius 2 is 1.81 bits per heavy atom. The average Bonchev–Trinajstić information content (AvgIpc) is 3.49. The maximum Gasteiger partial charge on any atom is 0.319 e. The van der Waals surface area contributed by atoms with E-state index >= 15 is 8.78 Å². The summed E-state index contributed by atoms with van der Waals surface area (Å²) in [6.07, 6.45) is 7.12. The number of anilines is 1. The van der Waals surface area contributed by atoms with Gasteiger partial charge in [-0.15, -0.1) is 0 Å². The van der Waals surface area contributed by atoms with Crippen molar-refractivity contribution in [3.8, 4) is 28.9 Å². The molecule has 47 heavy (non-hydrogen) atoms. The fraction of sp³-hybridized carbons (Fsp3) is 0.528. The predicted molar refractivity (Wildman–Crippen MR) is 177 cm³/mol. The van der Waals surface area contributed by atoms with Gasteiger partial charge in [-0.1, -0.05) is 19.4 Å². The molecule has 3 unspecified atom stereocenters. The summed E-state index contributed by atoms with van der Waals surface area (Å²) in [6.45, 7) is 5.95. The number of ether oxygens (including phenoxy) is 2. The summed E-state index contributed by atoms with van der Waals surface area (Å²) in [7, 11) is 3.62. The maximum atomic E-state index is 17.1. The summed E-state index contributed by atoms with van der Waals surface area (Å²) in [5.74, 6) is -0.826. The predicted octanol–water partition coefficient (Wildman–Crippen LogP) is 6.39. The Hall–Kier alpha value is -3.83. The van der Waals surface area contributed by atoms with E-state index in [0.717, 1.165) is 38.6 Å². The lowest BCUT2D eigenvalue weighted by Crippen LogP contribution is -2.50. The number of fused-ring (bicyclic) bond motifs is 3. The van der Waals surface area contributed by atoms with E-state index in [4.69, 9.17) is 14.5 Å². The minimum atomic E-state index is -0.973. The second-order valence-electron chi connectivity index (χ2n) is 14.0. The summed E-state index contributed by atoms with van der Waals surface area (Å²) in [6, 6.07) is 6.30. The lowest BCUT2D eigenvalue weighted by molar-refractivity contribution is 0.0132. The van der Waals surface area contributed by atoms with Crippen LogP contribution in [0.25, 0.3) is 32.9 Å². The third-order valence-electron chi connectivity index (χ3n) is 10.7.